The molecule has 1 aromatic heterocycles. The first-order valence-electron chi connectivity index (χ1n) is 14.0. The molecule has 7 aromatic rings. The molecule has 0 aliphatic carbocycles. The Morgan fingerprint density at radius 3 is 1.05 bits per heavy atom. The van der Waals surface area contributed by atoms with Gasteiger partial charge in [-0.25, -0.2) is 15.0 Å². The van der Waals surface area contributed by atoms with Crippen LogP contribution in [0.25, 0.3) is 67.5 Å². The van der Waals surface area contributed by atoms with E-state index in [1.54, 1.807) is 0 Å². The topological polar surface area (TPSA) is 38.7 Å². The van der Waals surface area contributed by atoms with Crippen molar-refractivity contribution < 1.29 is 0 Å². The molecule has 0 radical (unpaired) electrons. The molecule has 3 heteroatoms. The first-order chi connectivity index (χ1) is 20.8. The van der Waals surface area contributed by atoms with Gasteiger partial charge in [-0.1, -0.05) is 164 Å². The molecule has 42 heavy (non-hydrogen) atoms. The van der Waals surface area contributed by atoms with Crippen molar-refractivity contribution in [1.29, 1.82) is 0 Å². The van der Waals surface area contributed by atoms with Crippen molar-refractivity contribution in [1.82, 2.24) is 15.0 Å². The lowest BCUT2D eigenvalue weighted by atomic mass is 9.91. The molecule has 0 bridgehead atoms. The van der Waals surface area contributed by atoms with Crippen molar-refractivity contribution in [3.8, 4) is 67.5 Å². The highest BCUT2D eigenvalue weighted by Gasteiger charge is 2.19. The van der Waals surface area contributed by atoms with E-state index < -0.39 is 0 Å². The standard InChI is InChI=1S/C39H27N3/c1-5-14-28(15-6-1)29-24-26-33(27-25-29)38-40-37(32-20-11-4-12-21-32)41-39(42-38)36-34(30-16-7-2-8-17-30)22-13-23-35(36)31-18-9-3-10-19-31/h1-27H. The largest absolute Gasteiger partial charge is 0.208 e. The summed E-state index contributed by atoms with van der Waals surface area (Å²) in [4.78, 5) is 15.3. The summed E-state index contributed by atoms with van der Waals surface area (Å²) < 4.78 is 0. The second-order valence-electron chi connectivity index (χ2n) is 10.1. The molecule has 0 spiro atoms. The zero-order chi connectivity index (χ0) is 28.1. The molecule has 0 saturated heterocycles. The fraction of sp³-hybridized carbons (Fsp3) is 0. The van der Waals surface area contributed by atoms with Crippen LogP contribution < -0.4 is 0 Å². The van der Waals surface area contributed by atoms with Gasteiger partial charge in [-0.05, 0) is 33.4 Å². The number of hydrogen-bond donors (Lipinski definition) is 0. The summed E-state index contributed by atoms with van der Waals surface area (Å²) >= 11 is 0. The number of benzene rings is 6. The lowest BCUT2D eigenvalue weighted by molar-refractivity contribution is 1.07. The lowest BCUT2D eigenvalue weighted by Crippen LogP contribution is -2.02. The molecule has 0 aliphatic heterocycles. The molecule has 0 unspecified atom stereocenters. The molecule has 198 valence electrons. The third-order valence-corrected chi connectivity index (χ3v) is 7.38. The van der Waals surface area contributed by atoms with E-state index in [9.17, 15) is 0 Å². The van der Waals surface area contributed by atoms with Crippen LogP contribution in [0.3, 0.4) is 0 Å². The SMILES string of the molecule is c1ccc(-c2ccc(-c3nc(-c4ccccc4)nc(-c4c(-c5ccccc5)cccc4-c4ccccc4)n3)cc2)cc1. The Morgan fingerprint density at radius 2 is 0.571 bits per heavy atom. The van der Waals surface area contributed by atoms with Crippen molar-refractivity contribution in [2.24, 2.45) is 0 Å². The van der Waals surface area contributed by atoms with Gasteiger partial charge in [0.25, 0.3) is 0 Å². The summed E-state index contributed by atoms with van der Waals surface area (Å²) in [6.07, 6.45) is 0. The summed E-state index contributed by atoms with van der Waals surface area (Å²) in [5, 5.41) is 0. The Labute approximate surface area is 245 Å². The van der Waals surface area contributed by atoms with E-state index in [4.69, 9.17) is 15.0 Å². The molecule has 6 aromatic carbocycles. The number of aromatic nitrogens is 3. The Balaban J connectivity index is 1.46. The lowest BCUT2D eigenvalue weighted by Gasteiger charge is -2.16. The van der Waals surface area contributed by atoms with Gasteiger partial charge in [0.1, 0.15) is 0 Å². The maximum Gasteiger partial charge on any atom is 0.165 e. The highest BCUT2D eigenvalue weighted by atomic mass is 15.0. The van der Waals surface area contributed by atoms with Gasteiger partial charge in [-0.2, -0.15) is 0 Å². The van der Waals surface area contributed by atoms with Crippen molar-refractivity contribution in [2.75, 3.05) is 0 Å². The minimum Gasteiger partial charge on any atom is -0.208 e. The van der Waals surface area contributed by atoms with Crippen LogP contribution in [-0.4, -0.2) is 15.0 Å². The monoisotopic (exact) mass is 537 g/mol. The zero-order valence-corrected chi connectivity index (χ0v) is 22.9. The van der Waals surface area contributed by atoms with E-state index in [1.807, 2.05) is 48.5 Å². The van der Waals surface area contributed by atoms with E-state index in [2.05, 4.69) is 115 Å². The van der Waals surface area contributed by atoms with Crippen molar-refractivity contribution in [3.63, 3.8) is 0 Å². The van der Waals surface area contributed by atoms with Gasteiger partial charge >= 0.3 is 0 Å². The predicted molar refractivity (Wildman–Crippen MR) is 172 cm³/mol. The van der Waals surface area contributed by atoms with Crippen molar-refractivity contribution in [3.05, 3.63) is 164 Å². The molecule has 0 saturated carbocycles. The van der Waals surface area contributed by atoms with Crippen molar-refractivity contribution in [2.45, 2.75) is 0 Å². The summed E-state index contributed by atoms with van der Waals surface area (Å²) in [6.45, 7) is 0. The third-order valence-electron chi connectivity index (χ3n) is 7.38. The first kappa shape index (κ1) is 25.3. The van der Waals surface area contributed by atoms with E-state index in [0.717, 1.165) is 44.5 Å². The fourth-order valence-electron chi connectivity index (χ4n) is 5.29. The number of rotatable bonds is 6. The second-order valence-corrected chi connectivity index (χ2v) is 10.1. The average Bonchev–Trinajstić information content (AvgIpc) is 3.09. The van der Waals surface area contributed by atoms with Gasteiger partial charge < -0.3 is 0 Å². The van der Waals surface area contributed by atoms with Gasteiger partial charge in [-0.15, -0.1) is 0 Å². The van der Waals surface area contributed by atoms with Crippen LogP contribution in [-0.2, 0) is 0 Å². The van der Waals surface area contributed by atoms with Gasteiger partial charge in [0.2, 0.25) is 0 Å². The molecular formula is C39H27N3. The minimum atomic E-state index is 0.639. The molecule has 0 aliphatic rings. The molecule has 7 rings (SSSR count). The predicted octanol–water partition coefficient (Wildman–Crippen LogP) is 9.87. The van der Waals surface area contributed by atoms with Gasteiger partial charge in [0.15, 0.2) is 17.5 Å². The van der Waals surface area contributed by atoms with Crippen LogP contribution in [0.2, 0.25) is 0 Å². The highest BCUT2D eigenvalue weighted by molar-refractivity contribution is 5.93. The molecular weight excluding hydrogens is 510 g/mol. The number of hydrogen-bond acceptors (Lipinski definition) is 3. The van der Waals surface area contributed by atoms with Crippen LogP contribution >= 0.6 is 0 Å². The average molecular weight is 538 g/mol. The maximum absolute atomic E-state index is 5.15. The summed E-state index contributed by atoms with van der Waals surface area (Å²) in [5.74, 6) is 1.93. The van der Waals surface area contributed by atoms with Crippen LogP contribution in [0.1, 0.15) is 0 Å². The third kappa shape index (κ3) is 5.12. The van der Waals surface area contributed by atoms with Gasteiger partial charge in [0, 0.05) is 16.7 Å². The molecule has 0 atom stereocenters. The van der Waals surface area contributed by atoms with Crippen LogP contribution in [0.4, 0.5) is 0 Å². The quantitative estimate of drug-likeness (QED) is 0.212. The maximum atomic E-state index is 5.15. The molecule has 0 N–H and O–H groups in total. The fourth-order valence-corrected chi connectivity index (χ4v) is 5.29. The second kappa shape index (κ2) is 11.4. The molecule has 3 nitrogen and oxygen atoms in total. The van der Waals surface area contributed by atoms with E-state index in [0.29, 0.717) is 17.5 Å². The van der Waals surface area contributed by atoms with Crippen LogP contribution in [0.5, 0.6) is 0 Å². The molecule has 1 heterocycles. The van der Waals surface area contributed by atoms with Crippen LogP contribution in [0, 0.1) is 0 Å². The Hall–Kier alpha value is -5.67. The van der Waals surface area contributed by atoms with E-state index in [1.165, 1.54) is 5.56 Å². The minimum absolute atomic E-state index is 0.639. The Kier molecular flexibility index (Phi) is 6.89. The van der Waals surface area contributed by atoms with Gasteiger partial charge in [0.05, 0.1) is 0 Å². The smallest absolute Gasteiger partial charge is 0.165 e. The zero-order valence-electron chi connectivity index (χ0n) is 22.9. The molecule has 0 fully saturated rings. The number of nitrogens with zero attached hydrogens (tertiary/aromatic N) is 3. The van der Waals surface area contributed by atoms with E-state index in [-0.39, 0.29) is 0 Å². The van der Waals surface area contributed by atoms with Crippen molar-refractivity contribution >= 4 is 0 Å². The van der Waals surface area contributed by atoms with Gasteiger partial charge in [-0.3, -0.25) is 0 Å². The summed E-state index contributed by atoms with van der Waals surface area (Å²) in [6, 6.07) is 56.3. The first-order valence-corrected chi connectivity index (χ1v) is 14.0. The summed E-state index contributed by atoms with van der Waals surface area (Å²) in [7, 11) is 0. The van der Waals surface area contributed by atoms with Crippen LogP contribution in [0.15, 0.2) is 164 Å². The molecule has 0 amide bonds. The van der Waals surface area contributed by atoms with E-state index >= 15 is 0 Å². The highest BCUT2D eigenvalue weighted by Crippen LogP contribution is 2.39. The Bertz CT molecular complexity index is 1880. The normalized spacial score (nSPS) is 10.9. The Morgan fingerprint density at radius 1 is 0.238 bits per heavy atom. The summed E-state index contributed by atoms with van der Waals surface area (Å²) in [5.41, 5.74) is 9.57.